The van der Waals surface area contributed by atoms with E-state index in [1.807, 2.05) is 0 Å². The summed E-state index contributed by atoms with van der Waals surface area (Å²) in [6.45, 7) is 0. The van der Waals surface area contributed by atoms with Crippen LogP contribution in [0.25, 0.3) is 11.3 Å². The fourth-order valence-corrected chi connectivity index (χ4v) is 3.05. The molecule has 0 aliphatic carbocycles. The monoisotopic (exact) mass is 384 g/mol. The van der Waals surface area contributed by atoms with Gasteiger partial charge in [-0.3, -0.25) is 10.1 Å². The Morgan fingerprint density at radius 1 is 1.08 bits per heavy atom. The summed E-state index contributed by atoms with van der Waals surface area (Å²) in [6, 6.07) is 8.02. The molecule has 24 heavy (non-hydrogen) atoms. The van der Waals surface area contributed by atoms with Gasteiger partial charge in [0.25, 0.3) is 5.91 Å². The van der Waals surface area contributed by atoms with Crippen molar-refractivity contribution >= 4 is 45.6 Å². The van der Waals surface area contributed by atoms with Gasteiger partial charge < -0.3 is 0 Å². The van der Waals surface area contributed by atoms with Gasteiger partial charge in [0.05, 0.1) is 16.3 Å². The van der Waals surface area contributed by atoms with Gasteiger partial charge in [-0.25, -0.2) is 13.8 Å². The molecule has 3 aromatic rings. The van der Waals surface area contributed by atoms with Gasteiger partial charge in [0.1, 0.15) is 0 Å². The largest absolute Gasteiger partial charge is 0.298 e. The van der Waals surface area contributed by atoms with Crippen molar-refractivity contribution in [3.63, 3.8) is 0 Å². The number of hydrogen-bond donors (Lipinski definition) is 1. The Labute approximate surface area is 149 Å². The molecule has 1 amide bonds. The fraction of sp³-hybridized carbons (Fsp3) is 0. The molecule has 2 aromatic carbocycles. The number of aromatic nitrogens is 1. The van der Waals surface area contributed by atoms with Gasteiger partial charge in [-0.2, -0.15) is 0 Å². The summed E-state index contributed by atoms with van der Waals surface area (Å²) in [5, 5.41) is 5.17. The van der Waals surface area contributed by atoms with Crippen LogP contribution in [-0.4, -0.2) is 10.9 Å². The molecule has 0 spiro atoms. The summed E-state index contributed by atoms with van der Waals surface area (Å²) in [7, 11) is 0. The lowest BCUT2D eigenvalue weighted by Gasteiger charge is -2.04. The average Bonchev–Trinajstić information content (AvgIpc) is 3.00. The molecule has 8 heteroatoms. The van der Waals surface area contributed by atoms with Crippen LogP contribution >= 0.6 is 34.5 Å². The molecule has 0 atom stereocenters. The number of carbonyl (C=O) groups is 1. The zero-order valence-electron chi connectivity index (χ0n) is 11.8. The van der Waals surface area contributed by atoms with Gasteiger partial charge in [0.2, 0.25) is 0 Å². The van der Waals surface area contributed by atoms with E-state index < -0.39 is 17.5 Å². The number of thiazole rings is 1. The van der Waals surface area contributed by atoms with E-state index in [4.69, 9.17) is 23.2 Å². The van der Waals surface area contributed by atoms with Gasteiger partial charge in [-0.05, 0) is 36.4 Å². The second-order valence-corrected chi connectivity index (χ2v) is 6.45. The minimum absolute atomic E-state index is 0.216. The predicted molar refractivity (Wildman–Crippen MR) is 91.9 cm³/mol. The first-order valence-corrected chi connectivity index (χ1v) is 8.25. The van der Waals surface area contributed by atoms with Crippen molar-refractivity contribution in [3.05, 3.63) is 69.0 Å². The third-order valence-electron chi connectivity index (χ3n) is 3.11. The van der Waals surface area contributed by atoms with Crippen molar-refractivity contribution < 1.29 is 13.6 Å². The first-order valence-electron chi connectivity index (χ1n) is 6.61. The van der Waals surface area contributed by atoms with E-state index in [1.54, 1.807) is 11.4 Å². The highest BCUT2D eigenvalue weighted by Crippen LogP contribution is 2.27. The number of nitrogens with one attached hydrogen (secondary N) is 1. The zero-order chi connectivity index (χ0) is 17.3. The molecule has 0 fully saturated rings. The van der Waals surface area contributed by atoms with Crippen molar-refractivity contribution in [1.82, 2.24) is 4.98 Å². The Balaban J connectivity index is 1.82. The van der Waals surface area contributed by atoms with E-state index in [9.17, 15) is 13.6 Å². The van der Waals surface area contributed by atoms with Gasteiger partial charge in [0.15, 0.2) is 16.8 Å². The number of carbonyl (C=O) groups excluding carboxylic acids is 1. The van der Waals surface area contributed by atoms with Crippen molar-refractivity contribution in [2.24, 2.45) is 0 Å². The Hall–Kier alpha value is -2.02. The van der Waals surface area contributed by atoms with Crippen LogP contribution in [0.15, 0.2) is 41.8 Å². The number of hydrogen-bond acceptors (Lipinski definition) is 3. The molecule has 0 aliphatic rings. The molecule has 0 saturated heterocycles. The summed E-state index contributed by atoms with van der Waals surface area (Å²) in [4.78, 5) is 16.4. The number of nitrogens with zero attached hydrogens (tertiary/aromatic N) is 1. The molecule has 0 bridgehead atoms. The van der Waals surface area contributed by atoms with E-state index in [2.05, 4.69) is 10.3 Å². The van der Waals surface area contributed by atoms with E-state index >= 15 is 0 Å². The molecule has 3 rings (SSSR count). The lowest BCUT2D eigenvalue weighted by molar-refractivity contribution is 0.102. The lowest BCUT2D eigenvalue weighted by Crippen LogP contribution is -2.12. The van der Waals surface area contributed by atoms with Crippen molar-refractivity contribution in [2.45, 2.75) is 0 Å². The summed E-state index contributed by atoms with van der Waals surface area (Å²) >= 11 is 13.0. The molecule has 122 valence electrons. The highest BCUT2D eigenvalue weighted by atomic mass is 35.5. The third-order valence-corrected chi connectivity index (χ3v) is 4.44. The molecule has 1 heterocycles. The Morgan fingerprint density at radius 2 is 1.88 bits per heavy atom. The van der Waals surface area contributed by atoms with Gasteiger partial charge in [-0.15, -0.1) is 11.3 Å². The van der Waals surface area contributed by atoms with E-state index in [0.717, 1.165) is 23.5 Å². The molecule has 0 radical (unpaired) electrons. The van der Waals surface area contributed by atoms with Crippen LogP contribution in [0.4, 0.5) is 13.9 Å². The molecule has 1 N–H and O–H groups in total. The summed E-state index contributed by atoms with van der Waals surface area (Å²) in [5.74, 6) is -2.36. The first kappa shape index (κ1) is 16.8. The van der Waals surface area contributed by atoms with Crippen molar-refractivity contribution in [3.8, 4) is 11.3 Å². The van der Waals surface area contributed by atoms with Crippen molar-refractivity contribution in [1.29, 1.82) is 0 Å². The molecule has 3 nitrogen and oxygen atoms in total. The number of halogens is 4. The van der Waals surface area contributed by atoms with Gasteiger partial charge >= 0.3 is 0 Å². The Bertz CT molecular complexity index is 930. The standard InChI is InChI=1S/C16H8Cl2F2N2OS/c17-9-2-3-11(18)10(6-9)15(23)22-16-21-14(7-24-16)8-1-4-12(19)13(20)5-8/h1-7H,(H,21,22,23). The summed E-state index contributed by atoms with van der Waals surface area (Å²) in [5.41, 5.74) is 1.05. The Kier molecular flexibility index (Phi) is 4.80. The van der Waals surface area contributed by atoms with Crippen LogP contribution in [0.3, 0.4) is 0 Å². The van der Waals surface area contributed by atoms with Crippen LogP contribution in [-0.2, 0) is 0 Å². The topological polar surface area (TPSA) is 42.0 Å². The molecule has 0 unspecified atom stereocenters. The highest BCUT2D eigenvalue weighted by molar-refractivity contribution is 7.14. The number of amides is 1. The quantitative estimate of drug-likeness (QED) is 0.633. The third kappa shape index (κ3) is 3.56. The fourth-order valence-electron chi connectivity index (χ4n) is 1.96. The first-order chi connectivity index (χ1) is 11.4. The maximum Gasteiger partial charge on any atom is 0.259 e. The minimum atomic E-state index is -0.961. The maximum absolute atomic E-state index is 13.3. The van der Waals surface area contributed by atoms with Crippen LogP contribution < -0.4 is 5.32 Å². The van der Waals surface area contributed by atoms with Crippen molar-refractivity contribution in [2.75, 3.05) is 5.32 Å². The molecular formula is C16H8Cl2F2N2OS. The summed E-state index contributed by atoms with van der Waals surface area (Å²) in [6.07, 6.45) is 0. The average molecular weight is 385 g/mol. The molecule has 0 saturated carbocycles. The number of benzene rings is 2. The normalized spacial score (nSPS) is 10.7. The predicted octanol–water partition coefficient (Wildman–Crippen LogP) is 5.65. The van der Waals surface area contributed by atoms with E-state index in [0.29, 0.717) is 21.4 Å². The van der Waals surface area contributed by atoms with E-state index in [1.165, 1.54) is 18.2 Å². The SMILES string of the molecule is O=C(Nc1nc(-c2ccc(F)c(F)c2)cs1)c1cc(Cl)ccc1Cl. The second kappa shape index (κ2) is 6.84. The van der Waals surface area contributed by atoms with Gasteiger partial charge in [0, 0.05) is 16.0 Å². The Morgan fingerprint density at radius 3 is 2.62 bits per heavy atom. The number of rotatable bonds is 3. The smallest absolute Gasteiger partial charge is 0.259 e. The zero-order valence-corrected chi connectivity index (χ0v) is 14.1. The molecule has 0 aliphatic heterocycles. The summed E-state index contributed by atoms with van der Waals surface area (Å²) < 4.78 is 26.3. The highest BCUT2D eigenvalue weighted by Gasteiger charge is 2.14. The second-order valence-electron chi connectivity index (χ2n) is 4.75. The maximum atomic E-state index is 13.3. The number of anilines is 1. The molecule has 1 aromatic heterocycles. The van der Waals surface area contributed by atoms with Crippen LogP contribution in [0, 0.1) is 11.6 Å². The van der Waals surface area contributed by atoms with Crippen LogP contribution in [0.1, 0.15) is 10.4 Å². The van der Waals surface area contributed by atoms with Crippen LogP contribution in [0.5, 0.6) is 0 Å². The van der Waals surface area contributed by atoms with Gasteiger partial charge in [-0.1, -0.05) is 23.2 Å². The lowest BCUT2D eigenvalue weighted by atomic mass is 10.2. The van der Waals surface area contributed by atoms with Crippen LogP contribution in [0.2, 0.25) is 10.0 Å². The van der Waals surface area contributed by atoms with E-state index in [-0.39, 0.29) is 10.6 Å². The minimum Gasteiger partial charge on any atom is -0.298 e. The molecular weight excluding hydrogens is 377 g/mol.